The molecule has 0 aromatic heterocycles. The standard InChI is InChI=1S/C19H28ClN3O5/c1-11(2)10-19(27,12(3)16(24)23-28)18(26)22-15(17(25)21-4)9-13-6-5-7-14(20)8-13/h5-8,11-12,15,27-28H,9-10H2,1-4H3,(H,21,25)(H,22,26)(H,23,24)/t12-,15+,19+/m1/s1. The number of benzene rings is 1. The molecule has 0 aliphatic heterocycles. The van der Waals surface area contributed by atoms with Crippen molar-refractivity contribution in [1.82, 2.24) is 16.1 Å². The predicted molar refractivity (Wildman–Crippen MR) is 105 cm³/mol. The molecule has 0 aliphatic carbocycles. The van der Waals surface area contributed by atoms with Crippen LogP contribution in [0.2, 0.25) is 5.02 Å². The van der Waals surface area contributed by atoms with Gasteiger partial charge in [-0.05, 0) is 30.0 Å². The van der Waals surface area contributed by atoms with Gasteiger partial charge < -0.3 is 15.7 Å². The van der Waals surface area contributed by atoms with Crippen molar-refractivity contribution in [3.05, 3.63) is 34.9 Å². The van der Waals surface area contributed by atoms with Crippen molar-refractivity contribution in [2.75, 3.05) is 7.05 Å². The average molecular weight is 414 g/mol. The molecule has 0 unspecified atom stereocenters. The second kappa shape index (κ2) is 10.4. The molecule has 8 nitrogen and oxygen atoms in total. The first kappa shape index (κ1) is 23.9. The van der Waals surface area contributed by atoms with E-state index in [4.69, 9.17) is 16.8 Å². The fourth-order valence-electron chi connectivity index (χ4n) is 2.97. The van der Waals surface area contributed by atoms with Crippen LogP contribution in [0, 0.1) is 11.8 Å². The van der Waals surface area contributed by atoms with Crippen molar-refractivity contribution in [3.63, 3.8) is 0 Å². The van der Waals surface area contributed by atoms with Crippen molar-refractivity contribution in [3.8, 4) is 0 Å². The first-order chi connectivity index (χ1) is 13.0. The van der Waals surface area contributed by atoms with E-state index in [1.807, 2.05) is 0 Å². The van der Waals surface area contributed by atoms with Crippen LogP contribution in [0.15, 0.2) is 24.3 Å². The zero-order valence-corrected chi connectivity index (χ0v) is 17.2. The summed E-state index contributed by atoms with van der Waals surface area (Å²) in [5, 5.41) is 25.4. The maximum Gasteiger partial charge on any atom is 0.253 e. The molecule has 5 N–H and O–H groups in total. The topological polar surface area (TPSA) is 128 Å². The number of hydrogen-bond donors (Lipinski definition) is 5. The highest BCUT2D eigenvalue weighted by molar-refractivity contribution is 6.30. The summed E-state index contributed by atoms with van der Waals surface area (Å²) in [7, 11) is 1.43. The molecule has 9 heteroatoms. The number of carbonyl (C=O) groups excluding carboxylic acids is 3. The smallest absolute Gasteiger partial charge is 0.253 e. The van der Waals surface area contributed by atoms with Crippen LogP contribution < -0.4 is 16.1 Å². The van der Waals surface area contributed by atoms with Gasteiger partial charge in [-0.25, -0.2) is 5.48 Å². The minimum absolute atomic E-state index is 0.0367. The molecule has 0 saturated heterocycles. The van der Waals surface area contributed by atoms with Gasteiger partial charge in [0, 0.05) is 18.5 Å². The predicted octanol–water partition coefficient (Wildman–Crippen LogP) is 1.03. The van der Waals surface area contributed by atoms with Crippen molar-refractivity contribution < 1.29 is 24.7 Å². The molecule has 3 amide bonds. The Morgan fingerprint density at radius 1 is 1.18 bits per heavy atom. The van der Waals surface area contributed by atoms with Crippen molar-refractivity contribution in [2.24, 2.45) is 11.8 Å². The van der Waals surface area contributed by atoms with E-state index in [1.54, 1.807) is 38.1 Å². The highest BCUT2D eigenvalue weighted by Crippen LogP contribution is 2.27. The van der Waals surface area contributed by atoms with Gasteiger partial charge in [0.1, 0.15) is 6.04 Å². The molecular weight excluding hydrogens is 386 g/mol. The fraction of sp³-hybridized carbons (Fsp3) is 0.526. The number of likely N-dealkylation sites (N-methyl/N-ethyl adjacent to an activating group) is 1. The van der Waals surface area contributed by atoms with Crippen LogP contribution in [-0.2, 0) is 20.8 Å². The molecule has 0 heterocycles. The van der Waals surface area contributed by atoms with Crippen LogP contribution in [0.3, 0.4) is 0 Å². The molecular formula is C19H28ClN3O5. The molecule has 3 atom stereocenters. The van der Waals surface area contributed by atoms with Crippen LogP contribution in [0.1, 0.15) is 32.8 Å². The van der Waals surface area contributed by atoms with Crippen LogP contribution >= 0.6 is 11.6 Å². The average Bonchev–Trinajstić information content (AvgIpc) is 2.64. The third-order valence-electron chi connectivity index (χ3n) is 4.53. The Kier molecular flexibility index (Phi) is 8.87. The van der Waals surface area contributed by atoms with Gasteiger partial charge >= 0.3 is 0 Å². The molecule has 1 aromatic carbocycles. The van der Waals surface area contributed by atoms with E-state index in [9.17, 15) is 19.5 Å². The number of aliphatic hydroxyl groups is 1. The van der Waals surface area contributed by atoms with E-state index in [0.717, 1.165) is 5.56 Å². The maximum absolute atomic E-state index is 12.9. The molecule has 0 bridgehead atoms. The normalized spacial score (nSPS) is 15.3. The molecule has 0 spiro atoms. The quantitative estimate of drug-likeness (QED) is 0.305. The summed E-state index contributed by atoms with van der Waals surface area (Å²) in [6.07, 6.45) is 0.107. The maximum atomic E-state index is 12.9. The van der Waals surface area contributed by atoms with E-state index in [1.165, 1.54) is 19.5 Å². The Morgan fingerprint density at radius 3 is 2.32 bits per heavy atom. The highest BCUT2D eigenvalue weighted by Gasteiger charge is 2.46. The minimum atomic E-state index is -2.11. The lowest BCUT2D eigenvalue weighted by atomic mass is 9.80. The summed E-state index contributed by atoms with van der Waals surface area (Å²) in [6, 6.07) is 5.86. The number of rotatable bonds is 9. The first-order valence-electron chi connectivity index (χ1n) is 8.98. The Labute approximate surface area is 169 Å². The molecule has 0 saturated carbocycles. The van der Waals surface area contributed by atoms with Crippen LogP contribution in [0.4, 0.5) is 0 Å². The number of carbonyl (C=O) groups is 3. The van der Waals surface area contributed by atoms with Crippen molar-refractivity contribution in [2.45, 2.75) is 45.3 Å². The first-order valence-corrected chi connectivity index (χ1v) is 9.36. The monoisotopic (exact) mass is 413 g/mol. The second-order valence-corrected chi connectivity index (χ2v) is 7.63. The zero-order valence-electron chi connectivity index (χ0n) is 16.5. The lowest BCUT2D eigenvalue weighted by molar-refractivity contribution is -0.159. The summed E-state index contributed by atoms with van der Waals surface area (Å²) < 4.78 is 0. The van der Waals surface area contributed by atoms with E-state index < -0.39 is 35.3 Å². The largest absolute Gasteiger partial charge is 0.379 e. The van der Waals surface area contributed by atoms with Crippen molar-refractivity contribution >= 4 is 29.3 Å². The summed E-state index contributed by atoms with van der Waals surface area (Å²) in [5.41, 5.74) is 0.0670. The van der Waals surface area contributed by atoms with Crippen LogP contribution in [-0.4, -0.2) is 46.7 Å². The summed E-state index contributed by atoms with van der Waals surface area (Å²) in [5.74, 6) is -3.59. The number of halogens is 1. The zero-order chi connectivity index (χ0) is 21.5. The molecule has 28 heavy (non-hydrogen) atoms. The lowest BCUT2D eigenvalue weighted by Gasteiger charge is -2.34. The minimum Gasteiger partial charge on any atom is -0.379 e. The van der Waals surface area contributed by atoms with Gasteiger partial charge in [-0.15, -0.1) is 0 Å². The second-order valence-electron chi connectivity index (χ2n) is 7.19. The summed E-state index contributed by atoms with van der Waals surface area (Å²) in [6.45, 7) is 4.90. The summed E-state index contributed by atoms with van der Waals surface area (Å²) >= 11 is 5.97. The molecule has 0 fully saturated rings. The van der Waals surface area contributed by atoms with Crippen LogP contribution in [0.25, 0.3) is 0 Å². The van der Waals surface area contributed by atoms with E-state index >= 15 is 0 Å². The summed E-state index contributed by atoms with van der Waals surface area (Å²) in [4.78, 5) is 37.1. The van der Waals surface area contributed by atoms with Gasteiger partial charge in [-0.2, -0.15) is 0 Å². The van der Waals surface area contributed by atoms with E-state index in [2.05, 4.69) is 10.6 Å². The molecule has 1 aromatic rings. The van der Waals surface area contributed by atoms with E-state index in [-0.39, 0.29) is 18.8 Å². The SMILES string of the molecule is CNC(=O)[C@H](Cc1cccc(Cl)c1)NC(=O)[C@](O)(CC(C)C)[C@H](C)C(=O)NO. The van der Waals surface area contributed by atoms with Gasteiger partial charge in [0.05, 0.1) is 5.92 Å². The lowest BCUT2D eigenvalue weighted by Crippen LogP contribution is -2.60. The Bertz CT molecular complexity index is 713. The van der Waals surface area contributed by atoms with Crippen molar-refractivity contribution in [1.29, 1.82) is 0 Å². The Morgan fingerprint density at radius 2 is 1.82 bits per heavy atom. The molecule has 156 valence electrons. The van der Waals surface area contributed by atoms with Gasteiger partial charge in [0.15, 0.2) is 5.60 Å². The molecule has 0 aliphatic rings. The Hall–Kier alpha value is -2.16. The highest BCUT2D eigenvalue weighted by atomic mass is 35.5. The van der Waals surface area contributed by atoms with Gasteiger partial charge in [-0.3, -0.25) is 19.6 Å². The number of hydrogen-bond acceptors (Lipinski definition) is 5. The number of nitrogens with one attached hydrogen (secondary N) is 3. The molecule has 1 rings (SSSR count). The van der Waals surface area contributed by atoms with Crippen LogP contribution in [0.5, 0.6) is 0 Å². The number of hydroxylamine groups is 1. The van der Waals surface area contributed by atoms with Gasteiger partial charge in [0.25, 0.3) is 5.91 Å². The van der Waals surface area contributed by atoms with E-state index in [0.29, 0.717) is 5.02 Å². The third-order valence-corrected chi connectivity index (χ3v) is 4.76. The molecule has 0 radical (unpaired) electrons. The number of amides is 3. The fourth-order valence-corrected chi connectivity index (χ4v) is 3.18. The third kappa shape index (κ3) is 6.19. The van der Waals surface area contributed by atoms with Gasteiger partial charge in [0.2, 0.25) is 11.8 Å². The van der Waals surface area contributed by atoms with Gasteiger partial charge in [-0.1, -0.05) is 44.5 Å². The Balaban J connectivity index is 3.13.